The second kappa shape index (κ2) is 9.11. The topological polar surface area (TPSA) is 105 Å². The number of carbonyl (C=O) groups is 1. The van der Waals surface area contributed by atoms with E-state index < -0.39 is 5.60 Å². The lowest BCUT2D eigenvalue weighted by Gasteiger charge is -2.42. The Kier molecular flexibility index (Phi) is 5.85. The molecule has 198 valence electrons. The fraction of sp³-hybridized carbons (Fsp3) is 0.464. The SMILES string of the molecule is CN(c1ccc(-c2ccc(-c3cnn(C)c3)c3cn[nH]c23)nn1)C1CC2CC[C@H](C1)N2C(=O)OC(C)(C)C. The van der Waals surface area contributed by atoms with Crippen LogP contribution in [0.1, 0.15) is 46.5 Å². The molecule has 2 aliphatic heterocycles. The van der Waals surface area contributed by atoms with Gasteiger partial charge < -0.3 is 14.5 Å². The van der Waals surface area contributed by atoms with Gasteiger partial charge in [-0.15, -0.1) is 10.2 Å². The number of hydrogen-bond acceptors (Lipinski definition) is 7. The number of H-pyrrole nitrogens is 1. The second-order valence-electron chi connectivity index (χ2n) is 11.5. The van der Waals surface area contributed by atoms with E-state index in [1.54, 1.807) is 4.68 Å². The van der Waals surface area contributed by atoms with Crippen LogP contribution in [0.15, 0.2) is 42.9 Å². The van der Waals surface area contributed by atoms with E-state index in [1.807, 2.05) is 63.4 Å². The number of carbonyl (C=O) groups excluding carboxylic acids is 1. The predicted molar refractivity (Wildman–Crippen MR) is 146 cm³/mol. The summed E-state index contributed by atoms with van der Waals surface area (Å²) in [5.41, 5.74) is 4.29. The lowest BCUT2D eigenvalue weighted by molar-refractivity contribution is 0.00597. The summed E-state index contributed by atoms with van der Waals surface area (Å²) >= 11 is 0. The molecule has 0 radical (unpaired) electrons. The maximum absolute atomic E-state index is 12.8. The van der Waals surface area contributed by atoms with Crippen molar-refractivity contribution in [2.45, 2.75) is 70.2 Å². The first-order valence-electron chi connectivity index (χ1n) is 13.2. The molecule has 0 aliphatic carbocycles. The van der Waals surface area contributed by atoms with Crippen LogP contribution in [0.25, 0.3) is 33.3 Å². The molecule has 3 aromatic heterocycles. The quantitative estimate of drug-likeness (QED) is 0.418. The molecule has 3 atom stereocenters. The van der Waals surface area contributed by atoms with Crippen LogP contribution in [0.4, 0.5) is 10.6 Å². The fourth-order valence-corrected chi connectivity index (χ4v) is 5.98. The van der Waals surface area contributed by atoms with E-state index in [0.29, 0.717) is 6.04 Å². The Morgan fingerprint density at radius 2 is 1.79 bits per heavy atom. The third-order valence-electron chi connectivity index (χ3n) is 7.78. The molecular weight excluding hydrogens is 480 g/mol. The number of benzene rings is 1. The Hall–Kier alpha value is -3.95. The maximum atomic E-state index is 12.8. The molecule has 5 heterocycles. The molecule has 6 rings (SSSR count). The number of nitrogens with one attached hydrogen (secondary N) is 1. The van der Waals surface area contributed by atoms with Crippen LogP contribution in [0.2, 0.25) is 0 Å². The summed E-state index contributed by atoms with van der Waals surface area (Å²) in [5, 5.41) is 22.0. The summed E-state index contributed by atoms with van der Waals surface area (Å²) in [7, 11) is 3.99. The highest BCUT2D eigenvalue weighted by molar-refractivity contribution is 6.01. The number of nitrogens with zero attached hydrogens (tertiary/aromatic N) is 7. The zero-order valence-corrected chi connectivity index (χ0v) is 22.5. The smallest absolute Gasteiger partial charge is 0.410 e. The first-order valence-corrected chi connectivity index (χ1v) is 13.2. The van der Waals surface area contributed by atoms with Crippen LogP contribution in [-0.2, 0) is 11.8 Å². The third kappa shape index (κ3) is 4.37. The van der Waals surface area contributed by atoms with Crippen molar-refractivity contribution in [3.8, 4) is 22.4 Å². The van der Waals surface area contributed by atoms with Crippen molar-refractivity contribution in [2.75, 3.05) is 11.9 Å². The Morgan fingerprint density at radius 3 is 2.42 bits per heavy atom. The van der Waals surface area contributed by atoms with Crippen molar-refractivity contribution in [1.29, 1.82) is 0 Å². The van der Waals surface area contributed by atoms with Crippen molar-refractivity contribution in [1.82, 2.24) is 35.1 Å². The minimum atomic E-state index is -0.484. The van der Waals surface area contributed by atoms with E-state index in [-0.39, 0.29) is 18.2 Å². The molecule has 2 aliphatic rings. The lowest BCUT2D eigenvalue weighted by atomic mass is 9.96. The number of fused-ring (bicyclic) bond motifs is 3. The number of ether oxygens (including phenoxy) is 1. The van der Waals surface area contributed by atoms with Crippen molar-refractivity contribution < 1.29 is 9.53 Å². The molecule has 2 unspecified atom stereocenters. The average Bonchev–Trinajstić information content (AvgIpc) is 3.60. The van der Waals surface area contributed by atoms with Gasteiger partial charge in [0.25, 0.3) is 0 Å². The number of piperidine rings is 1. The van der Waals surface area contributed by atoms with Gasteiger partial charge in [0.2, 0.25) is 0 Å². The molecular formula is C28H34N8O2. The Morgan fingerprint density at radius 1 is 1.05 bits per heavy atom. The van der Waals surface area contributed by atoms with E-state index in [9.17, 15) is 4.79 Å². The number of aromatic nitrogens is 6. The number of amides is 1. The molecule has 1 aromatic carbocycles. The Labute approximate surface area is 222 Å². The largest absolute Gasteiger partial charge is 0.444 e. The fourth-order valence-electron chi connectivity index (χ4n) is 5.98. The van der Waals surface area contributed by atoms with Crippen molar-refractivity contribution in [3.63, 3.8) is 0 Å². The van der Waals surface area contributed by atoms with E-state index >= 15 is 0 Å². The molecule has 2 bridgehead atoms. The van der Waals surface area contributed by atoms with E-state index in [4.69, 9.17) is 4.74 Å². The molecule has 1 N–H and O–H groups in total. The molecule has 4 aromatic rings. The van der Waals surface area contributed by atoms with E-state index in [2.05, 4.69) is 49.6 Å². The van der Waals surface area contributed by atoms with Gasteiger partial charge in [-0.05, 0) is 70.2 Å². The minimum absolute atomic E-state index is 0.185. The zero-order valence-electron chi connectivity index (χ0n) is 22.5. The normalized spacial score (nSPS) is 21.2. The first kappa shape index (κ1) is 24.4. The van der Waals surface area contributed by atoms with E-state index in [0.717, 1.165) is 64.8 Å². The standard InChI is InChI=1S/C28H34N8O2/c1-28(2,3)38-27(37)36-18-6-7-19(36)13-20(12-18)35(5)25-11-10-24(31-32-25)22-9-8-21(17-14-30-34(4)16-17)23-15-29-33-26(22)23/h8-11,14-16,18-20H,6-7,12-13H2,1-5H3,(H,29,33)/t18-,19?,20?/m1/s1. The highest BCUT2D eigenvalue weighted by Crippen LogP contribution is 2.39. The second-order valence-corrected chi connectivity index (χ2v) is 11.5. The van der Waals surface area contributed by atoms with Crippen molar-refractivity contribution in [2.24, 2.45) is 7.05 Å². The number of aryl methyl sites for hydroxylation is 1. The van der Waals surface area contributed by atoms with Crippen LogP contribution in [0.3, 0.4) is 0 Å². The molecule has 2 fully saturated rings. The molecule has 38 heavy (non-hydrogen) atoms. The molecule has 0 saturated carbocycles. The first-order chi connectivity index (χ1) is 18.2. The van der Waals surface area contributed by atoms with Gasteiger partial charge >= 0.3 is 6.09 Å². The monoisotopic (exact) mass is 514 g/mol. The molecule has 2 saturated heterocycles. The van der Waals surface area contributed by atoms with Gasteiger partial charge in [-0.1, -0.05) is 6.07 Å². The third-order valence-corrected chi connectivity index (χ3v) is 7.78. The summed E-state index contributed by atoms with van der Waals surface area (Å²) < 4.78 is 7.49. The van der Waals surface area contributed by atoms with Gasteiger partial charge in [0.1, 0.15) is 5.60 Å². The molecule has 1 amide bonds. The number of rotatable bonds is 4. The summed E-state index contributed by atoms with van der Waals surface area (Å²) in [6.07, 6.45) is 9.36. The summed E-state index contributed by atoms with van der Waals surface area (Å²) in [6, 6.07) is 8.89. The number of hydrogen-bond donors (Lipinski definition) is 1. The van der Waals surface area contributed by atoms with Crippen molar-refractivity contribution in [3.05, 3.63) is 42.9 Å². The highest BCUT2D eigenvalue weighted by Gasteiger charge is 2.46. The van der Waals surface area contributed by atoms with Crippen LogP contribution in [0, 0.1) is 0 Å². The van der Waals surface area contributed by atoms with Gasteiger partial charge in [-0.25, -0.2) is 4.79 Å². The average molecular weight is 515 g/mol. The number of aromatic amines is 1. The minimum Gasteiger partial charge on any atom is -0.444 e. The van der Waals surface area contributed by atoms with Crippen LogP contribution >= 0.6 is 0 Å². The molecule has 0 spiro atoms. The van der Waals surface area contributed by atoms with Crippen LogP contribution in [-0.4, -0.2) is 71.9 Å². The van der Waals surface area contributed by atoms with Crippen LogP contribution in [0.5, 0.6) is 0 Å². The zero-order chi connectivity index (χ0) is 26.6. The molecule has 10 nitrogen and oxygen atoms in total. The van der Waals surface area contributed by atoms with Gasteiger partial charge in [-0.2, -0.15) is 10.2 Å². The van der Waals surface area contributed by atoms with Gasteiger partial charge in [0.15, 0.2) is 5.82 Å². The summed E-state index contributed by atoms with van der Waals surface area (Å²) in [4.78, 5) is 17.0. The Bertz CT molecular complexity index is 1450. The van der Waals surface area contributed by atoms with Crippen molar-refractivity contribution >= 4 is 22.8 Å². The van der Waals surface area contributed by atoms with Gasteiger partial charge in [0, 0.05) is 54.9 Å². The van der Waals surface area contributed by atoms with Gasteiger partial charge in [-0.3, -0.25) is 9.78 Å². The Balaban J connectivity index is 1.19. The van der Waals surface area contributed by atoms with Gasteiger partial charge in [0.05, 0.1) is 23.6 Å². The summed E-state index contributed by atoms with van der Waals surface area (Å²) in [5.74, 6) is 0.830. The molecule has 10 heteroatoms. The predicted octanol–water partition coefficient (Wildman–Crippen LogP) is 4.79. The highest BCUT2D eigenvalue weighted by atomic mass is 16.6. The maximum Gasteiger partial charge on any atom is 0.410 e. The van der Waals surface area contributed by atoms with Crippen LogP contribution < -0.4 is 4.90 Å². The summed E-state index contributed by atoms with van der Waals surface area (Å²) in [6.45, 7) is 5.76. The van der Waals surface area contributed by atoms with E-state index in [1.165, 1.54) is 0 Å². The number of anilines is 1. The lowest BCUT2D eigenvalue weighted by Crippen LogP contribution is -2.53.